The lowest BCUT2D eigenvalue weighted by Gasteiger charge is -2.33. The van der Waals surface area contributed by atoms with Gasteiger partial charge in [-0.3, -0.25) is 9.69 Å². The van der Waals surface area contributed by atoms with Crippen LogP contribution in [0.1, 0.15) is 25.5 Å². The minimum Gasteiger partial charge on any atom is -0.460 e. The van der Waals surface area contributed by atoms with Gasteiger partial charge < -0.3 is 9.47 Å². The van der Waals surface area contributed by atoms with Crippen LogP contribution in [0.25, 0.3) is 0 Å². The Morgan fingerprint density at radius 2 is 2.00 bits per heavy atom. The SMILES string of the molecule is COCCOC(=O)C1=C(C)N=C2S[C@@H](C)C(=O)N2[C@H]1c1ccc(SC)cc1. The van der Waals surface area contributed by atoms with Crippen molar-refractivity contribution in [3.8, 4) is 0 Å². The van der Waals surface area contributed by atoms with Crippen molar-refractivity contribution in [2.75, 3.05) is 26.6 Å². The van der Waals surface area contributed by atoms with Crippen molar-refractivity contribution in [2.45, 2.75) is 30.0 Å². The largest absolute Gasteiger partial charge is 0.460 e. The van der Waals surface area contributed by atoms with Crippen molar-refractivity contribution in [3.05, 3.63) is 41.1 Å². The van der Waals surface area contributed by atoms with Crippen LogP contribution >= 0.6 is 23.5 Å². The van der Waals surface area contributed by atoms with Gasteiger partial charge in [0.1, 0.15) is 6.61 Å². The highest BCUT2D eigenvalue weighted by Crippen LogP contribution is 2.43. The van der Waals surface area contributed by atoms with E-state index in [1.165, 1.54) is 11.8 Å². The van der Waals surface area contributed by atoms with Crippen LogP contribution in [-0.4, -0.2) is 53.8 Å². The maximum absolute atomic E-state index is 12.8. The van der Waals surface area contributed by atoms with E-state index in [4.69, 9.17) is 9.47 Å². The zero-order valence-electron chi connectivity index (χ0n) is 15.7. The molecule has 2 heterocycles. The molecule has 2 aliphatic heterocycles. The molecule has 144 valence electrons. The zero-order chi connectivity index (χ0) is 19.6. The van der Waals surface area contributed by atoms with Gasteiger partial charge in [0.05, 0.1) is 29.2 Å². The number of hydrogen-bond donors (Lipinski definition) is 0. The first kappa shape index (κ1) is 20.0. The van der Waals surface area contributed by atoms with Crippen molar-refractivity contribution in [3.63, 3.8) is 0 Å². The number of nitrogens with zero attached hydrogens (tertiary/aromatic N) is 2. The van der Waals surface area contributed by atoms with Crippen LogP contribution in [0.15, 0.2) is 45.4 Å². The van der Waals surface area contributed by atoms with Crippen LogP contribution in [0, 0.1) is 0 Å². The van der Waals surface area contributed by atoms with E-state index in [0.29, 0.717) is 23.0 Å². The van der Waals surface area contributed by atoms with Crippen LogP contribution < -0.4 is 0 Å². The van der Waals surface area contributed by atoms with Gasteiger partial charge in [-0.1, -0.05) is 23.9 Å². The monoisotopic (exact) mass is 406 g/mol. The quantitative estimate of drug-likeness (QED) is 0.410. The topological polar surface area (TPSA) is 68.2 Å². The number of amides is 1. The number of benzene rings is 1. The first-order valence-corrected chi connectivity index (χ1v) is 10.7. The Bertz CT molecular complexity index is 804. The van der Waals surface area contributed by atoms with Gasteiger partial charge in [-0.15, -0.1) is 11.8 Å². The standard InChI is InChI=1S/C19H22N2O4S2/c1-11-15(18(23)25-10-9-24-3)16(13-5-7-14(26-4)8-6-13)21-17(22)12(2)27-19(21)20-11/h5-8,12,16H,9-10H2,1-4H3/t12-,16-/m0/s1. The molecule has 0 radical (unpaired) electrons. The number of carbonyl (C=O) groups excluding carboxylic acids is 2. The highest BCUT2D eigenvalue weighted by atomic mass is 32.2. The van der Waals surface area contributed by atoms with E-state index in [2.05, 4.69) is 4.99 Å². The summed E-state index contributed by atoms with van der Waals surface area (Å²) in [5.41, 5.74) is 1.84. The number of fused-ring (bicyclic) bond motifs is 1. The number of esters is 1. The fourth-order valence-electron chi connectivity index (χ4n) is 3.06. The molecule has 1 saturated heterocycles. The molecule has 0 aromatic heterocycles. The molecule has 27 heavy (non-hydrogen) atoms. The molecule has 0 unspecified atom stereocenters. The second-order valence-electron chi connectivity index (χ2n) is 6.17. The Morgan fingerprint density at radius 3 is 2.63 bits per heavy atom. The molecule has 2 atom stereocenters. The van der Waals surface area contributed by atoms with Crippen molar-refractivity contribution >= 4 is 40.6 Å². The third-order valence-electron chi connectivity index (χ3n) is 4.43. The number of allylic oxidation sites excluding steroid dienone is 1. The van der Waals surface area contributed by atoms with Crippen molar-refractivity contribution in [1.29, 1.82) is 0 Å². The van der Waals surface area contributed by atoms with Gasteiger partial charge in [0, 0.05) is 12.0 Å². The van der Waals surface area contributed by atoms with E-state index in [0.717, 1.165) is 10.5 Å². The van der Waals surface area contributed by atoms with E-state index in [9.17, 15) is 9.59 Å². The van der Waals surface area contributed by atoms with Crippen molar-refractivity contribution in [2.24, 2.45) is 4.99 Å². The summed E-state index contributed by atoms with van der Waals surface area (Å²) in [4.78, 5) is 32.9. The smallest absolute Gasteiger partial charge is 0.338 e. The lowest BCUT2D eigenvalue weighted by Crippen LogP contribution is -2.40. The van der Waals surface area contributed by atoms with E-state index in [1.54, 1.807) is 30.7 Å². The number of rotatable bonds is 6. The van der Waals surface area contributed by atoms with Crippen LogP contribution in [0.4, 0.5) is 0 Å². The van der Waals surface area contributed by atoms with Crippen molar-refractivity contribution in [1.82, 2.24) is 4.90 Å². The van der Waals surface area contributed by atoms with Crippen molar-refractivity contribution < 1.29 is 19.1 Å². The average Bonchev–Trinajstić information content (AvgIpc) is 2.94. The predicted molar refractivity (Wildman–Crippen MR) is 108 cm³/mol. The highest BCUT2D eigenvalue weighted by molar-refractivity contribution is 8.15. The van der Waals surface area contributed by atoms with E-state index >= 15 is 0 Å². The number of hydrogen-bond acceptors (Lipinski definition) is 7. The van der Waals surface area contributed by atoms with Gasteiger partial charge in [-0.05, 0) is 37.8 Å². The molecule has 0 aliphatic carbocycles. The summed E-state index contributed by atoms with van der Waals surface area (Å²) in [5, 5.41) is 0.408. The van der Waals surface area contributed by atoms with Gasteiger partial charge in [-0.2, -0.15) is 0 Å². The lowest BCUT2D eigenvalue weighted by molar-refractivity contribution is -0.141. The average molecular weight is 407 g/mol. The number of aliphatic imine (C=N–C) groups is 1. The highest BCUT2D eigenvalue weighted by Gasteiger charge is 2.46. The number of thioether (sulfide) groups is 2. The minimum absolute atomic E-state index is 0.0487. The molecule has 0 saturated carbocycles. The Kier molecular flexibility index (Phi) is 6.29. The molecule has 1 fully saturated rings. The molecule has 0 spiro atoms. The Morgan fingerprint density at radius 1 is 1.30 bits per heavy atom. The predicted octanol–water partition coefficient (Wildman–Crippen LogP) is 3.25. The van der Waals surface area contributed by atoms with Gasteiger partial charge in [0.2, 0.25) is 5.91 Å². The summed E-state index contributed by atoms with van der Waals surface area (Å²) in [6, 6.07) is 7.36. The Balaban J connectivity index is 2.03. The van der Waals surface area contributed by atoms with E-state index in [1.807, 2.05) is 37.4 Å². The molecule has 3 rings (SSSR count). The third kappa shape index (κ3) is 3.93. The summed E-state index contributed by atoms with van der Waals surface area (Å²) in [6.07, 6.45) is 2.01. The number of carbonyl (C=O) groups is 2. The molecule has 6 nitrogen and oxygen atoms in total. The summed E-state index contributed by atoms with van der Waals surface area (Å²) in [5.74, 6) is -0.518. The molecule has 1 aromatic carbocycles. The lowest BCUT2D eigenvalue weighted by atomic mass is 9.94. The van der Waals surface area contributed by atoms with Crippen LogP contribution in [0.2, 0.25) is 0 Å². The zero-order valence-corrected chi connectivity index (χ0v) is 17.4. The first-order valence-electron chi connectivity index (χ1n) is 8.57. The molecule has 2 aliphatic rings. The second kappa shape index (κ2) is 8.50. The molecule has 0 N–H and O–H groups in total. The molecular formula is C19H22N2O4S2. The summed E-state index contributed by atoms with van der Waals surface area (Å²) >= 11 is 3.06. The molecule has 1 aromatic rings. The molecule has 8 heteroatoms. The second-order valence-corrected chi connectivity index (χ2v) is 8.35. The molecular weight excluding hydrogens is 384 g/mol. The number of methoxy groups -OCH3 is 1. The molecule has 0 bridgehead atoms. The maximum atomic E-state index is 12.8. The van der Waals surface area contributed by atoms with Gasteiger partial charge in [0.15, 0.2) is 5.17 Å². The summed E-state index contributed by atoms with van der Waals surface area (Å²) < 4.78 is 10.3. The number of amidine groups is 1. The van der Waals surface area contributed by atoms with Gasteiger partial charge >= 0.3 is 5.97 Å². The van der Waals surface area contributed by atoms with E-state index in [-0.39, 0.29) is 17.8 Å². The fourth-order valence-corrected chi connectivity index (χ4v) is 4.50. The Labute approximate surface area is 167 Å². The third-order valence-corrected chi connectivity index (χ3v) is 6.23. The Hall–Kier alpha value is -1.77. The maximum Gasteiger partial charge on any atom is 0.338 e. The fraction of sp³-hybridized carbons (Fsp3) is 0.421. The van der Waals surface area contributed by atoms with Crippen LogP contribution in [-0.2, 0) is 19.1 Å². The summed E-state index contributed by atoms with van der Waals surface area (Å²) in [7, 11) is 1.55. The van der Waals surface area contributed by atoms with Gasteiger partial charge in [0.25, 0.3) is 0 Å². The van der Waals surface area contributed by atoms with Crippen LogP contribution in [0.5, 0.6) is 0 Å². The van der Waals surface area contributed by atoms with Gasteiger partial charge in [-0.25, -0.2) is 9.79 Å². The first-order chi connectivity index (χ1) is 13.0. The normalized spacial score (nSPS) is 22.0. The molecule has 1 amide bonds. The minimum atomic E-state index is -0.534. The summed E-state index contributed by atoms with van der Waals surface area (Å²) in [6.45, 7) is 4.11. The van der Waals surface area contributed by atoms with Crippen LogP contribution in [0.3, 0.4) is 0 Å². The van der Waals surface area contributed by atoms with E-state index < -0.39 is 12.0 Å². The number of ether oxygens (including phenoxy) is 2.